The van der Waals surface area contributed by atoms with Crippen molar-refractivity contribution in [1.82, 2.24) is 10.2 Å². The van der Waals surface area contributed by atoms with Gasteiger partial charge in [-0.1, -0.05) is 20.8 Å². The molecule has 0 aliphatic carbocycles. The fourth-order valence-corrected chi connectivity index (χ4v) is 4.10. The third-order valence-corrected chi connectivity index (χ3v) is 5.85. The van der Waals surface area contributed by atoms with Gasteiger partial charge in [-0.3, -0.25) is 15.0 Å². The first-order valence-electron chi connectivity index (χ1n) is 11.2. The number of amides is 1. The lowest BCUT2D eigenvalue weighted by Gasteiger charge is -2.25. The molecule has 2 aromatic carbocycles. The molecule has 182 valence electrons. The summed E-state index contributed by atoms with van der Waals surface area (Å²) in [7, 11) is 4.68. The minimum atomic E-state index is -0.284. The van der Waals surface area contributed by atoms with Crippen molar-refractivity contribution in [2.45, 2.75) is 39.7 Å². The molecule has 0 saturated carbocycles. The van der Waals surface area contributed by atoms with Crippen LogP contribution in [0, 0.1) is 5.41 Å². The number of ketones is 1. The van der Waals surface area contributed by atoms with E-state index in [1.54, 1.807) is 44.4 Å². The summed E-state index contributed by atoms with van der Waals surface area (Å²) in [5.41, 5.74) is 2.93. The summed E-state index contributed by atoms with van der Waals surface area (Å²) >= 11 is 0. The average Bonchev–Trinajstić information content (AvgIpc) is 3.10. The van der Waals surface area contributed by atoms with E-state index in [1.807, 2.05) is 33.8 Å². The van der Waals surface area contributed by atoms with E-state index in [4.69, 9.17) is 19.6 Å². The van der Waals surface area contributed by atoms with Gasteiger partial charge in [0.1, 0.15) is 11.6 Å². The molecule has 8 heteroatoms. The second-order valence-corrected chi connectivity index (χ2v) is 9.15. The number of hydrogen-bond donors (Lipinski definition) is 2. The van der Waals surface area contributed by atoms with Crippen LogP contribution in [0.25, 0.3) is 0 Å². The molecule has 3 rings (SSSR count). The van der Waals surface area contributed by atoms with Crippen LogP contribution in [-0.2, 0) is 12.0 Å². The lowest BCUT2D eigenvalue weighted by molar-refractivity contribution is 0.0952. The van der Waals surface area contributed by atoms with Gasteiger partial charge in [0, 0.05) is 30.3 Å². The second kappa shape index (κ2) is 9.75. The predicted molar refractivity (Wildman–Crippen MR) is 131 cm³/mol. The number of fused-ring (bicyclic) bond motifs is 1. The molecule has 2 aromatic rings. The summed E-state index contributed by atoms with van der Waals surface area (Å²) in [5.74, 6) is 1.35. The van der Waals surface area contributed by atoms with Crippen molar-refractivity contribution in [3.05, 3.63) is 52.1 Å². The molecular formula is C26H33N3O5. The van der Waals surface area contributed by atoms with Crippen molar-refractivity contribution in [3.63, 3.8) is 0 Å². The maximum Gasteiger partial charge on any atom is 0.254 e. The number of carbonyl (C=O) groups excluding carboxylic acids is 2. The van der Waals surface area contributed by atoms with Crippen molar-refractivity contribution in [2.24, 2.45) is 0 Å². The molecule has 0 spiro atoms. The van der Waals surface area contributed by atoms with Crippen molar-refractivity contribution in [2.75, 3.05) is 34.4 Å². The fourth-order valence-electron chi connectivity index (χ4n) is 4.10. The van der Waals surface area contributed by atoms with Crippen LogP contribution in [0.5, 0.6) is 17.2 Å². The monoisotopic (exact) mass is 467 g/mol. The predicted octanol–water partition coefficient (Wildman–Crippen LogP) is 3.78. The van der Waals surface area contributed by atoms with Crippen molar-refractivity contribution in [1.29, 1.82) is 5.41 Å². The molecule has 8 nitrogen and oxygen atoms in total. The Morgan fingerprint density at radius 1 is 1.09 bits per heavy atom. The number of nitrogens with one attached hydrogen (secondary N) is 2. The molecule has 0 unspecified atom stereocenters. The molecule has 1 amide bonds. The largest absolute Gasteiger partial charge is 0.493 e. The highest BCUT2D eigenvalue weighted by Gasteiger charge is 2.30. The fraction of sp³-hybridized carbons (Fsp3) is 0.423. The van der Waals surface area contributed by atoms with Crippen LogP contribution in [0.4, 0.5) is 0 Å². The second-order valence-electron chi connectivity index (χ2n) is 9.15. The summed E-state index contributed by atoms with van der Waals surface area (Å²) in [6.45, 7) is 8.81. The van der Waals surface area contributed by atoms with Gasteiger partial charge < -0.3 is 24.4 Å². The van der Waals surface area contributed by atoms with E-state index in [1.165, 1.54) is 0 Å². The van der Waals surface area contributed by atoms with Gasteiger partial charge in [0.25, 0.3) is 5.91 Å². The van der Waals surface area contributed by atoms with E-state index >= 15 is 0 Å². The molecule has 0 saturated heterocycles. The number of benzene rings is 2. The summed E-state index contributed by atoms with van der Waals surface area (Å²) in [6.07, 6.45) is 0. The van der Waals surface area contributed by atoms with E-state index in [2.05, 4.69) is 5.32 Å². The van der Waals surface area contributed by atoms with Gasteiger partial charge >= 0.3 is 0 Å². The third-order valence-electron chi connectivity index (χ3n) is 5.85. The summed E-state index contributed by atoms with van der Waals surface area (Å²) < 4.78 is 16.7. The lowest BCUT2D eigenvalue weighted by atomic mass is 9.84. The Bertz CT molecular complexity index is 1130. The van der Waals surface area contributed by atoms with Crippen LogP contribution in [0.15, 0.2) is 24.3 Å². The molecule has 34 heavy (non-hydrogen) atoms. The van der Waals surface area contributed by atoms with Crippen molar-refractivity contribution >= 4 is 17.5 Å². The maximum absolute atomic E-state index is 13.3. The Kier molecular flexibility index (Phi) is 7.19. The van der Waals surface area contributed by atoms with Gasteiger partial charge in [0.2, 0.25) is 0 Å². The van der Waals surface area contributed by atoms with Gasteiger partial charge in [-0.15, -0.1) is 0 Å². The standard InChI is InChI=1S/C26H33N3O5/c1-8-34-21-11-16-13-29(24(27)17(16)12-18(21)25(31)28-5)14-20(30)15-9-19(26(2,3)4)23(33-7)22(10-15)32-6/h9-12,27H,8,13-14H2,1-7H3,(H,28,31). The topological polar surface area (TPSA) is 101 Å². The normalized spacial score (nSPS) is 12.9. The lowest BCUT2D eigenvalue weighted by Crippen LogP contribution is -2.30. The Morgan fingerprint density at radius 2 is 1.79 bits per heavy atom. The average molecular weight is 468 g/mol. The van der Waals surface area contributed by atoms with E-state index in [0.717, 1.165) is 11.1 Å². The summed E-state index contributed by atoms with van der Waals surface area (Å²) in [6, 6.07) is 6.98. The van der Waals surface area contributed by atoms with Gasteiger partial charge in [-0.2, -0.15) is 0 Å². The van der Waals surface area contributed by atoms with Gasteiger partial charge in [-0.05, 0) is 42.2 Å². The van der Waals surface area contributed by atoms with Gasteiger partial charge in [0.15, 0.2) is 17.3 Å². The molecule has 0 atom stereocenters. The van der Waals surface area contributed by atoms with Crippen LogP contribution in [-0.4, -0.2) is 56.8 Å². The van der Waals surface area contributed by atoms with E-state index < -0.39 is 0 Å². The first-order chi connectivity index (χ1) is 16.0. The zero-order valence-corrected chi connectivity index (χ0v) is 20.9. The number of methoxy groups -OCH3 is 2. The summed E-state index contributed by atoms with van der Waals surface area (Å²) in [5, 5.41) is 11.3. The molecule has 0 bridgehead atoms. The third kappa shape index (κ3) is 4.71. The Hall–Kier alpha value is -3.55. The highest BCUT2D eigenvalue weighted by molar-refractivity contribution is 6.07. The number of nitrogens with zero attached hydrogens (tertiary/aromatic N) is 1. The van der Waals surface area contributed by atoms with Gasteiger partial charge in [-0.25, -0.2) is 0 Å². The molecule has 2 N–H and O–H groups in total. The van der Waals surface area contributed by atoms with Crippen LogP contribution >= 0.6 is 0 Å². The highest BCUT2D eigenvalue weighted by Crippen LogP contribution is 2.40. The number of hydrogen-bond acceptors (Lipinski definition) is 6. The molecule has 0 radical (unpaired) electrons. The molecule has 1 aliphatic heterocycles. The quantitative estimate of drug-likeness (QED) is 0.573. The summed E-state index contributed by atoms with van der Waals surface area (Å²) in [4.78, 5) is 27.3. The van der Waals surface area contributed by atoms with Crippen LogP contribution < -0.4 is 19.5 Å². The smallest absolute Gasteiger partial charge is 0.254 e. The number of ether oxygens (including phenoxy) is 3. The zero-order chi connectivity index (χ0) is 25.2. The van der Waals surface area contributed by atoms with E-state index in [0.29, 0.717) is 47.1 Å². The first kappa shape index (κ1) is 25.1. The Balaban J connectivity index is 1.92. The SMILES string of the molecule is CCOc1cc2c(cc1C(=O)NC)C(=N)N(CC(=O)c1cc(OC)c(OC)c(C(C)(C)C)c1)C2. The minimum absolute atomic E-state index is 0.0197. The number of Topliss-reactive ketones (excluding diaryl/α,β-unsaturated/α-hetero) is 1. The Labute approximate surface area is 200 Å². The number of carbonyl (C=O) groups is 2. The molecule has 1 heterocycles. The van der Waals surface area contributed by atoms with Crippen LogP contribution in [0.1, 0.15) is 65.1 Å². The number of amidine groups is 1. The zero-order valence-electron chi connectivity index (χ0n) is 20.9. The van der Waals surface area contributed by atoms with Crippen molar-refractivity contribution < 1.29 is 23.8 Å². The number of rotatable bonds is 8. The van der Waals surface area contributed by atoms with Crippen LogP contribution in [0.2, 0.25) is 0 Å². The van der Waals surface area contributed by atoms with E-state index in [-0.39, 0.29) is 29.5 Å². The molecule has 0 aromatic heterocycles. The van der Waals surface area contributed by atoms with E-state index in [9.17, 15) is 9.59 Å². The first-order valence-corrected chi connectivity index (χ1v) is 11.2. The van der Waals surface area contributed by atoms with Crippen molar-refractivity contribution in [3.8, 4) is 17.2 Å². The molecular weight excluding hydrogens is 434 g/mol. The molecule has 0 fully saturated rings. The minimum Gasteiger partial charge on any atom is -0.493 e. The Morgan fingerprint density at radius 3 is 2.35 bits per heavy atom. The van der Waals surface area contributed by atoms with Crippen LogP contribution in [0.3, 0.4) is 0 Å². The maximum atomic E-state index is 13.3. The van der Waals surface area contributed by atoms with Gasteiger partial charge in [0.05, 0.1) is 32.9 Å². The highest BCUT2D eigenvalue weighted by atomic mass is 16.5. The molecule has 1 aliphatic rings.